The van der Waals surface area contributed by atoms with Crippen molar-refractivity contribution in [2.75, 3.05) is 32.1 Å². The number of rotatable bonds is 8. The smallest absolute Gasteiger partial charge is 0.308 e. The second-order valence-electron chi connectivity index (χ2n) is 12.3. The van der Waals surface area contributed by atoms with Gasteiger partial charge < -0.3 is 14.8 Å². The average molecular weight is 510 g/mol. The van der Waals surface area contributed by atoms with E-state index in [0.717, 1.165) is 49.8 Å². The Bertz CT molecular complexity index is 1130. The average Bonchev–Trinajstić information content (AvgIpc) is 2.79. The molecule has 3 aliphatic rings. The molecule has 1 aromatic heterocycles. The highest BCUT2D eigenvalue weighted by Gasteiger charge is 2.53. The molecule has 2 fully saturated rings. The first kappa shape index (κ1) is 26.0. The minimum atomic E-state index is -0.548. The number of hydrogen-bond acceptors (Lipinski definition) is 6. The van der Waals surface area contributed by atoms with Gasteiger partial charge in [-0.1, -0.05) is 12.1 Å². The van der Waals surface area contributed by atoms with Crippen molar-refractivity contribution in [3.05, 3.63) is 53.0 Å². The number of anilines is 1. The Morgan fingerprint density at radius 2 is 2.03 bits per heavy atom. The third kappa shape index (κ3) is 5.92. The van der Waals surface area contributed by atoms with Gasteiger partial charge in [0, 0.05) is 31.4 Å². The molecule has 1 spiro atoms. The molecule has 1 saturated heterocycles. The van der Waals surface area contributed by atoms with Gasteiger partial charge in [-0.15, -0.1) is 0 Å². The number of methoxy groups -OCH3 is 1. The zero-order chi connectivity index (χ0) is 26.2. The number of carbonyl (C=O) groups is 1. The molecule has 200 valence electrons. The zero-order valence-corrected chi connectivity index (χ0v) is 22.6. The molecule has 1 saturated carbocycles. The number of ether oxygens (including phenoxy) is 2. The molecule has 6 nitrogen and oxygen atoms in total. The van der Waals surface area contributed by atoms with Crippen molar-refractivity contribution in [1.82, 2.24) is 9.88 Å². The number of aromatic nitrogens is 1. The molecule has 1 aromatic carbocycles. The van der Waals surface area contributed by atoms with Crippen molar-refractivity contribution in [2.45, 2.75) is 77.4 Å². The number of aryl methyl sites for hydroxylation is 2. The molecule has 1 unspecified atom stereocenters. The van der Waals surface area contributed by atoms with Crippen LogP contribution in [0.1, 0.15) is 75.7 Å². The normalized spacial score (nSPS) is 19.8. The van der Waals surface area contributed by atoms with Crippen LogP contribution in [0.4, 0.5) is 10.2 Å². The molecular formula is C30H40FN3O3. The first-order valence-corrected chi connectivity index (χ1v) is 13.7. The monoisotopic (exact) mass is 509 g/mol. The van der Waals surface area contributed by atoms with E-state index in [-0.39, 0.29) is 24.2 Å². The van der Waals surface area contributed by atoms with E-state index in [1.165, 1.54) is 50.1 Å². The van der Waals surface area contributed by atoms with Gasteiger partial charge in [0.05, 0.1) is 13.5 Å². The van der Waals surface area contributed by atoms with Gasteiger partial charge in [-0.3, -0.25) is 9.69 Å². The molecule has 1 atom stereocenters. The van der Waals surface area contributed by atoms with Crippen molar-refractivity contribution in [3.63, 3.8) is 0 Å². The van der Waals surface area contributed by atoms with Crippen molar-refractivity contribution in [3.8, 4) is 5.75 Å². The maximum Gasteiger partial charge on any atom is 0.308 e. The van der Waals surface area contributed by atoms with Crippen LogP contribution < -0.4 is 10.1 Å². The first-order valence-electron chi connectivity index (χ1n) is 13.7. The molecule has 0 bridgehead atoms. The lowest BCUT2D eigenvalue weighted by atomic mass is 9.56. The van der Waals surface area contributed by atoms with Gasteiger partial charge >= 0.3 is 5.97 Å². The summed E-state index contributed by atoms with van der Waals surface area (Å²) in [5, 5.41) is 3.43. The maximum absolute atomic E-state index is 14.5. The number of nitrogens with zero attached hydrogens (tertiary/aromatic N) is 2. The van der Waals surface area contributed by atoms with Crippen LogP contribution >= 0.6 is 0 Å². The Morgan fingerprint density at radius 3 is 2.73 bits per heavy atom. The number of hydrogen-bond donors (Lipinski definition) is 1. The third-order valence-electron chi connectivity index (χ3n) is 8.06. The molecular weight excluding hydrogens is 469 g/mol. The van der Waals surface area contributed by atoms with E-state index in [1.54, 1.807) is 6.07 Å². The minimum Gasteiger partial charge on any atom is -0.494 e. The second-order valence-corrected chi connectivity index (χ2v) is 12.3. The fourth-order valence-corrected chi connectivity index (χ4v) is 6.41. The van der Waals surface area contributed by atoms with Gasteiger partial charge in [0.15, 0.2) is 11.6 Å². The highest BCUT2D eigenvalue weighted by Crippen LogP contribution is 2.55. The number of carbonyl (C=O) groups excluding carboxylic acids is 1. The van der Waals surface area contributed by atoms with Crippen LogP contribution in [-0.2, 0) is 22.4 Å². The predicted molar refractivity (Wildman–Crippen MR) is 142 cm³/mol. The van der Waals surface area contributed by atoms with E-state index in [2.05, 4.69) is 22.3 Å². The molecule has 0 amide bonds. The molecule has 5 rings (SSSR count). The third-order valence-corrected chi connectivity index (χ3v) is 8.06. The quantitative estimate of drug-likeness (QED) is 0.460. The fourth-order valence-electron chi connectivity index (χ4n) is 6.41. The second kappa shape index (κ2) is 10.2. The number of esters is 1. The first-order chi connectivity index (χ1) is 17.6. The Hall–Kier alpha value is -2.67. The van der Waals surface area contributed by atoms with Crippen molar-refractivity contribution >= 4 is 11.8 Å². The van der Waals surface area contributed by atoms with Crippen LogP contribution in [0, 0.1) is 17.2 Å². The number of likely N-dealkylation sites (tertiary alicyclic amines) is 1. The molecule has 1 aliphatic carbocycles. The van der Waals surface area contributed by atoms with Gasteiger partial charge in [0.1, 0.15) is 11.4 Å². The Labute approximate surface area is 219 Å². The fraction of sp³-hybridized carbons (Fsp3) is 0.600. The van der Waals surface area contributed by atoms with Crippen molar-refractivity contribution in [1.29, 1.82) is 0 Å². The molecule has 37 heavy (non-hydrogen) atoms. The van der Waals surface area contributed by atoms with E-state index in [1.807, 2.05) is 26.8 Å². The lowest BCUT2D eigenvalue weighted by Crippen LogP contribution is -2.63. The lowest BCUT2D eigenvalue weighted by Gasteiger charge is -2.61. The summed E-state index contributed by atoms with van der Waals surface area (Å²) in [5.74, 6) is 1.35. The standard InChI is InChI=1S/C30H40FN3O3/c1-29(2,3)37-27(35)15-25(22-9-12-26(36-4)24(31)14-22)34-18-30(19-34)16-20(17-30)7-10-23-11-8-21-6-5-13-32-28(21)33-23/h8-9,11-12,14,20,25H,5-7,10,13,15-19H2,1-4H3,(H,32,33). The van der Waals surface area contributed by atoms with Gasteiger partial charge in [-0.2, -0.15) is 0 Å². The highest BCUT2D eigenvalue weighted by molar-refractivity contribution is 5.71. The number of pyridine rings is 1. The SMILES string of the molecule is COc1ccc(C(CC(=O)OC(C)(C)C)N2CC3(CC(CCc4ccc5c(n4)NCCC5)C3)C2)cc1F. The number of halogens is 1. The number of fused-ring (bicyclic) bond motifs is 1. The van der Waals surface area contributed by atoms with Gasteiger partial charge in [-0.25, -0.2) is 9.37 Å². The molecule has 2 aromatic rings. The van der Waals surface area contributed by atoms with Gasteiger partial charge in [-0.05, 0) is 100.0 Å². The summed E-state index contributed by atoms with van der Waals surface area (Å²) in [4.78, 5) is 19.9. The zero-order valence-electron chi connectivity index (χ0n) is 22.6. The summed E-state index contributed by atoms with van der Waals surface area (Å²) < 4.78 is 25.2. The van der Waals surface area contributed by atoms with Crippen LogP contribution in [0.25, 0.3) is 0 Å². The van der Waals surface area contributed by atoms with E-state index in [9.17, 15) is 9.18 Å². The summed E-state index contributed by atoms with van der Waals surface area (Å²) in [5.41, 5.74) is 3.09. The minimum absolute atomic E-state index is 0.202. The van der Waals surface area contributed by atoms with Crippen LogP contribution in [0.15, 0.2) is 30.3 Å². The van der Waals surface area contributed by atoms with Crippen LogP contribution in [0.5, 0.6) is 5.75 Å². The Balaban J connectivity index is 1.17. The lowest BCUT2D eigenvalue weighted by molar-refractivity contribution is -0.161. The van der Waals surface area contributed by atoms with Gasteiger partial charge in [0.25, 0.3) is 0 Å². The number of nitrogens with one attached hydrogen (secondary N) is 1. The molecule has 3 heterocycles. The molecule has 1 N–H and O–H groups in total. The summed E-state index contributed by atoms with van der Waals surface area (Å²) in [6.45, 7) is 8.50. The van der Waals surface area contributed by atoms with E-state index in [0.29, 0.717) is 5.41 Å². The van der Waals surface area contributed by atoms with Crippen LogP contribution in [0.3, 0.4) is 0 Å². The molecule has 2 aliphatic heterocycles. The highest BCUT2D eigenvalue weighted by atomic mass is 19.1. The Kier molecular flexibility index (Phi) is 7.18. The van der Waals surface area contributed by atoms with E-state index in [4.69, 9.17) is 14.5 Å². The molecule has 0 radical (unpaired) electrons. The topological polar surface area (TPSA) is 63.7 Å². The summed E-state index contributed by atoms with van der Waals surface area (Å²) in [6.07, 6.45) is 7.12. The van der Waals surface area contributed by atoms with Crippen LogP contribution in [0.2, 0.25) is 0 Å². The van der Waals surface area contributed by atoms with E-state index >= 15 is 0 Å². The summed E-state index contributed by atoms with van der Waals surface area (Å²) in [6, 6.07) is 9.25. The Morgan fingerprint density at radius 1 is 1.24 bits per heavy atom. The summed E-state index contributed by atoms with van der Waals surface area (Å²) in [7, 11) is 1.46. The summed E-state index contributed by atoms with van der Waals surface area (Å²) >= 11 is 0. The van der Waals surface area contributed by atoms with Crippen molar-refractivity contribution in [2.24, 2.45) is 11.3 Å². The number of benzene rings is 1. The predicted octanol–water partition coefficient (Wildman–Crippen LogP) is 5.71. The maximum atomic E-state index is 14.5. The van der Waals surface area contributed by atoms with Crippen LogP contribution in [-0.4, -0.2) is 48.2 Å². The van der Waals surface area contributed by atoms with Crippen molar-refractivity contribution < 1.29 is 18.7 Å². The molecule has 7 heteroatoms. The van der Waals surface area contributed by atoms with Gasteiger partial charge in [0.2, 0.25) is 0 Å². The largest absolute Gasteiger partial charge is 0.494 e. The van der Waals surface area contributed by atoms with E-state index < -0.39 is 11.4 Å².